The van der Waals surface area contributed by atoms with Crippen LogP contribution in [0, 0.1) is 12.7 Å². The van der Waals surface area contributed by atoms with Crippen LogP contribution in [0.15, 0.2) is 54.6 Å². The molecule has 0 bridgehead atoms. The summed E-state index contributed by atoms with van der Waals surface area (Å²) in [6.45, 7) is 27.8. The van der Waals surface area contributed by atoms with Crippen molar-refractivity contribution in [3.05, 3.63) is 82.0 Å². The van der Waals surface area contributed by atoms with Crippen molar-refractivity contribution in [2.24, 2.45) is 0 Å². The lowest BCUT2D eigenvalue weighted by Crippen LogP contribution is -2.69. The molecule has 0 amide bonds. The maximum atomic E-state index is 13.7. The van der Waals surface area contributed by atoms with Crippen LogP contribution in [0.4, 0.5) is 4.39 Å². The van der Waals surface area contributed by atoms with E-state index < -0.39 is 69.3 Å². The van der Waals surface area contributed by atoms with Gasteiger partial charge in [-0.3, -0.25) is 0 Å². The van der Waals surface area contributed by atoms with Gasteiger partial charge in [0.05, 0.1) is 11.5 Å². The van der Waals surface area contributed by atoms with Crippen molar-refractivity contribution >= 4 is 44.6 Å². The maximum Gasteiger partial charge on any atom is 0.231 e. The highest BCUT2D eigenvalue weighted by Crippen LogP contribution is 2.47. The van der Waals surface area contributed by atoms with Gasteiger partial charge >= 0.3 is 0 Å². The summed E-state index contributed by atoms with van der Waals surface area (Å²) in [6.07, 6.45) is -2.75. The lowest BCUT2D eigenvalue weighted by molar-refractivity contribution is -0.348. The fourth-order valence-corrected chi connectivity index (χ4v) is 11.5. The fraction of sp³-hybridized carbons (Fsp3) is 0.579. The SMILES string of the molecule is COC(OC)(c1ccc(-c2ccc(F)cc2)s1)c1cc([C@]2(O)O[C@@H](CO[Si](C)(C)C)C(O[Si](C)(C)C)[C@@H](O[Si](C)(C)C)[C@@H]2O[Si](C)(C)C)ccc1C. The Labute approximate surface area is 319 Å². The first-order valence-electron chi connectivity index (χ1n) is 18.0. The van der Waals surface area contributed by atoms with Gasteiger partial charge in [-0.15, -0.1) is 11.3 Å². The van der Waals surface area contributed by atoms with Crippen LogP contribution in [0.3, 0.4) is 0 Å². The van der Waals surface area contributed by atoms with Crippen molar-refractivity contribution in [1.29, 1.82) is 0 Å². The van der Waals surface area contributed by atoms with Crippen LogP contribution in [0.1, 0.15) is 21.6 Å². The zero-order valence-electron chi connectivity index (χ0n) is 33.8. The number of ether oxygens (including phenoxy) is 3. The molecule has 1 fully saturated rings. The van der Waals surface area contributed by atoms with Gasteiger partial charge < -0.3 is 37.0 Å². The predicted molar refractivity (Wildman–Crippen MR) is 218 cm³/mol. The molecule has 2 aromatic carbocycles. The minimum atomic E-state index is -2.35. The quantitative estimate of drug-likeness (QED) is 0.120. The van der Waals surface area contributed by atoms with Crippen molar-refractivity contribution in [3.63, 3.8) is 0 Å². The van der Waals surface area contributed by atoms with Crippen LogP contribution in [0.25, 0.3) is 10.4 Å². The molecule has 8 nitrogen and oxygen atoms in total. The average molecular weight is 809 g/mol. The third-order valence-electron chi connectivity index (χ3n) is 8.49. The number of thiophene rings is 1. The first-order chi connectivity index (χ1) is 23.8. The molecule has 5 atom stereocenters. The molecule has 2 heterocycles. The number of hydrogen-bond donors (Lipinski definition) is 1. The summed E-state index contributed by atoms with van der Waals surface area (Å²) in [4.78, 5) is 1.72. The third kappa shape index (κ3) is 10.5. The normalized spacial score (nSPS) is 23.6. The zero-order chi connectivity index (χ0) is 39.1. The smallest absolute Gasteiger partial charge is 0.231 e. The molecule has 0 radical (unpaired) electrons. The zero-order valence-corrected chi connectivity index (χ0v) is 38.6. The van der Waals surface area contributed by atoms with E-state index >= 15 is 0 Å². The van der Waals surface area contributed by atoms with Crippen molar-refractivity contribution < 1.29 is 41.4 Å². The van der Waals surface area contributed by atoms with E-state index in [1.165, 1.54) is 23.5 Å². The summed E-state index contributed by atoms with van der Waals surface area (Å²) in [5.74, 6) is -3.58. The van der Waals surface area contributed by atoms with E-state index in [0.29, 0.717) is 11.1 Å². The summed E-state index contributed by atoms with van der Waals surface area (Å²) < 4.78 is 60.7. The molecule has 1 aliphatic heterocycles. The Morgan fingerprint density at radius 3 is 1.83 bits per heavy atom. The molecular formula is C38H61FO8SSi4. The standard InChI is InChI=1S/C38H61FO8SSi4/c1-26-16-19-28(24-30(26)38(41-2,42-3)33-23-22-32(48-33)27-17-20-29(39)21-18-27)37(40)36(47-52(13,14)15)35(46-51(10,11)12)34(45-50(7,8)9)31(44-37)25-43-49(4,5)6/h16-24,31,34-36,40H,25H2,1-15H3/t31-,34?,35+,36-,37-/m0/s1. The monoisotopic (exact) mass is 808 g/mol. The molecular weight excluding hydrogens is 748 g/mol. The molecule has 290 valence electrons. The third-order valence-corrected chi connectivity index (χ3v) is 13.7. The Bertz CT molecular complexity index is 1640. The molecule has 0 saturated carbocycles. The summed E-state index contributed by atoms with van der Waals surface area (Å²) >= 11 is 1.50. The number of halogens is 1. The number of methoxy groups -OCH3 is 2. The van der Waals surface area contributed by atoms with E-state index in [1.54, 1.807) is 26.4 Å². The first kappa shape index (κ1) is 43.3. The van der Waals surface area contributed by atoms with Crippen LogP contribution in [-0.4, -0.2) is 83.6 Å². The lowest BCUT2D eigenvalue weighted by Gasteiger charge is -2.54. The highest BCUT2D eigenvalue weighted by atomic mass is 32.1. The molecule has 14 heteroatoms. The molecule has 1 aliphatic rings. The summed E-state index contributed by atoms with van der Waals surface area (Å²) in [5, 5.41) is 13.2. The van der Waals surface area contributed by atoms with E-state index in [9.17, 15) is 9.50 Å². The first-order valence-corrected chi connectivity index (χ1v) is 32.4. The van der Waals surface area contributed by atoms with Gasteiger partial charge in [0.15, 0.2) is 33.3 Å². The highest BCUT2D eigenvalue weighted by molar-refractivity contribution is 7.15. The molecule has 1 unspecified atom stereocenters. The second kappa shape index (κ2) is 16.0. The van der Waals surface area contributed by atoms with Gasteiger partial charge in [-0.25, -0.2) is 4.39 Å². The molecule has 1 aromatic heterocycles. The number of aryl methyl sites for hydroxylation is 1. The second-order valence-corrected chi connectivity index (χ2v) is 36.5. The second-order valence-electron chi connectivity index (χ2n) is 17.5. The van der Waals surface area contributed by atoms with E-state index in [4.69, 9.17) is 31.9 Å². The molecule has 52 heavy (non-hydrogen) atoms. The minimum absolute atomic E-state index is 0.235. The van der Waals surface area contributed by atoms with Crippen molar-refractivity contribution in [2.45, 2.75) is 121 Å². The predicted octanol–water partition coefficient (Wildman–Crippen LogP) is 9.41. The van der Waals surface area contributed by atoms with Gasteiger partial charge in [0, 0.05) is 30.2 Å². The van der Waals surface area contributed by atoms with E-state index in [-0.39, 0.29) is 12.4 Å². The Morgan fingerprint density at radius 1 is 0.750 bits per heavy atom. The topological polar surface area (TPSA) is 84.8 Å². The summed E-state index contributed by atoms with van der Waals surface area (Å²) in [7, 11) is -5.56. The van der Waals surface area contributed by atoms with Crippen LogP contribution >= 0.6 is 11.3 Å². The van der Waals surface area contributed by atoms with Gasteiger partial charge in [-0.2, -0.15) is 0 Å². The maximum absolute atomic E-state index is 13.7. The van der Waals surface area contributed by atoms with Gasteiger partial charge in [-0.1, -0.05) is 24.3 Å². The van der Waals surface area contributed by atoms with Gasteiger partial charge in [0.25, 0.3) is 0 Å². The molecule has 4 rings (SSSR count). The summed E-state index contributed by atoms with van der Waals surface area (Å²) in [6, 6.07) is 16.1. The molecule has 0 spiro atoms. The lowest BCUT2D eigenvalue weighted by atomic mass is 9.85. The number of rotatable bonds is 15. The molecule has 1 saturated heterocycles. The van der Waals surface area contributed by atoms with Crippen molar-refractivity contribution in [2.75, 3.05) is 20.8 Å². The van der Waals surface area contributed by atoms with Gasteiger partial charge in [-0.05, 0) is 127 Å². The van der Waals surface area contributed by atoms with E-state index in [0.717, 1.165) is 20.9 Å². The largest absolute Gasteiger partial charge is 0.415 e. The van der Waals surface area contributed by atoms with Gasteiger partial charge in [0.1, 0.15) is 30.2 Å². The van der Waals surface area contributed by atoms with Gasteiger partial charge in [0.2, 0.25) is 11.6 Å². The average Bonchev–Trinajstić information content (AvgIpc) is 3.50. The summed E-state index contributed by atoms with van der Waals surface area (Å²) in [5.41, 5.74) is 2.96. The van der Waals surface area contributed by atoms with Crippen LogP contribution < -0.4 is 0 Å². The van der Waals surface area contributed by atoms with Crippen LogP contribution in [0.2, 0.25) is 78.6 Å². The molecule has 0 aliphatic carbocycles. The van der Waals surface area contributed by atoms with E-state index in [1.807, 2.05) is 37.3 Å². The number of aliphatic hydroxyl groups is 1. The highest BCUT2D eigenvalue weighted by Gasteiger charge is 2.59. The fourth-order valence-electron chi connectivity index (χ4n) is 6.40. The van der Waals surface area contributed by atoms with Crippen molar-refractivity contribution in [1.82, 2.24) is 0 Å². The van der Waals surface area contributed by atoms with Crippen molar-refractivity contribution in [3.8, 4) is 10.4 Å². The minimum Gasteiger partial charge on any atom is -0.415 e. The Kier molecular flexibility index (Phi) is 13.3. The number of hydrogen-bond acceptors (Lipinski definition) is 9. The Morgan fingerprint density at radius 2 is 1.31 bits per heavy atom. The number of benzene rings is 2. The molecule has 1 N–H and O–H groups in total. The Balaban J connectivity index is 1.94. The van der Waals surface area contributed by atoms with Crippen LogP contribution in [-0.2, 0) is 43.5 Å². The van der Waals surface area contributed by atoms with E-state index in [2.05, 4.69) is 78.6 Å². The van der Waals surface area contributed by atoms with Crippen LogP contribution in [0.5, 0.6) is 0 Å². The molecule has 3 aromatic rings. The Hall–Kier alpha value is -1.38.